The molecule has 0 aromatic heterocycles. The van der Waals surface area contributed by atoms with Gasteiger partial charge in [0.1, 0.15) is 0 Å². The standard InChI is InChI=1S/C15H20ClN/c1-5-11(3)12(4)17-15(6-2)13-8-7-9-14(16)10-13/h5,7-10,15,17H,4,6H2,1-3H3/b11-5+. The topological polar surface area (TPSA) is 12.0 Å². The van der Waals surface area contributed by atoms with Crippen molar-refractivity contribution in [2.24, 2.45) is 0 Å². The molecule has 0 fully saturated rings. The Morgan fingerprint density at radius 1 is 1.53 bits per heavy atom. The van der Waals surface area contributed by atoms with Crippen molar-refractivity contribution in [1.82, 2.24) is 5.32 Å². The van der Waals surface area contributed by atoms with Crippen molar-refractivity contribution in [3.8, 4) is 0 Å². The Kier molecular flexibility index (Phi) is 5.30. The Balaban J connectivity index is 2.83. The molecule has 1 nitrogen and oxygen atoms in total. The molecule has 0 amide bonds. The number of benzene rings is 1. The second-order valence-corrected chi connectivity index (χ2v) is 4.55. The summed E-state index contributed by atoms with van der Waals surface area (Å²) in [7, 11) is 0. The molecule has 1 aromatic carbocycles. The normalized spacial score (nSPS) is 13.3. The van der Waals surface area contributed by atoms with Gasteiger partial charge in [0.2, 0.25) is 0 Å². The highest BCUT2D eigenvalue weighted by molar-refractivity contribution is 6.30. The summed E-state index contributed by atoms with van der Waals surface area (Å²) in [5, 5.41) is 4.21. The number of allylic oxidation sites excluding steroid dienone is 2. The Morgan fingerprint density at radius 2 is 2.24 bits per heavy atom. The zero-order chi connectivity index (χ0) is 12.8. The molecule has 0 aliphatic rings. The van der Waals surface area contributed by atoms with Gasteiger partial charge in [0.05, 0.1) is 6.04 Å². The first-order chi connectivity index (χ1) is 8.08. The van der Waals surface area contributed by atoms with Gasteiger partial charge >= 0.3 is 0 Å². The minimum absolute atomic E-state index is 0.260. The lowest BCUT2D eigenvalue weighted by atomic mass is 10.0. The van der Waals surface area contributed by atoms with E-state index in [4.69, 9.17) is 11.6 Å². The van der Waals surface area contributed by atoms with Gasteiger partial charge in [0.25, 0.3) is 0 Å². The van der Waals surface area contributed by atoms with Crippen LogP contribution in [0.25, 0.3) is 0 Å². The van der Waals surface area contributed by atoms with Gasteiger partial charge in [-0.15, -0.1) is 0 Å². The zero-order valence-electron chi connectivity index (χ0n) is 10.8. The molecule has 0 saturated carbocycles. The van der Waals surface area contributed by atoms with Crippen molar-refractivity contribution in [2.75, 3.05) is 0 Å². The van der Waals surface area contributed by atoms with E-state index in [-0.39, 0.29) is 6.04 Å². The van der Waals surface area contributed by atoms with Crippen LogP contribution in [0.5, 0.6) is 0 Å². The van der Waals surface area contributed by atoms with Gasteiger partial charge in [0, 0.05) is 10.7 Å². The van der Waals surface area contributed by atoms with Crippen molar-refractivity contribution in [2.45, 2.75) is 33.2 Å². The molecule has 0 radical (unpaired) electrons. The average molecular weight is 250 g/mol. The Hall–Kier alpha value is -1.21. The summed E-state index contributed by atoms with van der Waals surface area (Å²) in [6.07, 6.45) is 3.05. The van der Waals surface area contributed by atoms with Crippen LogP contribution < -0.4 is 5.32 Å². The molecule has 1 N–H and O–H groups in total. The lowest BCUT2D eigenvalue weighted by Crippen LogP contribution is -2.20. The van der Waals surface area contributed by atoms with E-state index in [2.05, 4.69) is 37.9 Å². The number of hydrogen-bond donors (Lipinski definition) is 1. The molecule has 0 heterocycles. The van der Waals surface area contributed by atoms with Gasteiger partial charge in [0.15, 0.2) is 0 Å². The van der Waals surface area contributed by atoms with E-state index >= 15 is 0 Å². The minimum Gasteiger partial charge on any atom is -0.379 e. The van der Waals surface area contributed by atoms with Crippen LogP contribution in [0, 0.1) is 0 Å². The van der Waals surface area contributed by atoms with Crippen LogP contribution in [0.15, 0.2) is 48.2 Å². The summed E-state index contributed by atoms with van der Waals surface area (Å²) in [6, 6.07) is 8.22. The van der Waals surface area contributed by atoms with Crippen LogP contribution in [-0.4, -0.2) is 0 Å². The number of hydrogen-bond acceptors (Lipinski definition) is 1. The fourth-order valence-corrected chi connectivity index (χ4v) is 1.84. The fraction of sp³-hybridized carbons (Fsp3) is 0.333. The van der Waals surface area contributed by atoms with Crippen molar-refractivity contribution < 1.29 is 0 Å². The molecule has 0 aliphatic carbocycles. The van der Waals surface area contributed by atoms with Crippen LogP contribution in [0.4, 0.5) is 0 Å². The highest BCUT2D eigenvalue weighted by atomic mass is 35.5. The Morgan fingerprint density at radius 3 is 2.76 bits per heavy atom. The van der Waals surface area contributed by atoms with Gasteiger partial charge in [-0.1, -0.05) is 43.3 Å². The maximum atomic E-state index is 6.01. The van der Waals surface area contributed by atoms with Crippen LogP contribution in [0.2, 0.25) is 5.02 Å². The second kappa shape index (κ2) is 6.51. The van der Waals surface area contributed by atoms with E-state index in [0.29, 0.717) is 0 Å². The largest absolute Gasteiger partial charge is 0.379 e. The molecule has 17 heavy (non-hydrogen) atoms. The molecule has 1 unspecified atom stereocenters. The average Bonchev–Trinajstić information content (AvgIpc) is 2.34. The monoisotopic (exact) mass is 249 g/mol. The predicted octanol–water partition coefficient (Wildman–Crippen LogP) is 4.86. The molecule has 1 rings (SSSR count). The lowest BCUT2D eigenvalue weighted by molar-refractivity contribution is 0.584. The molecule has 0 bridgehead atoms. The molecule has 2 heteroatoms. The number of nitrogens with one attached hydrogen (secondary N) is 1. The number of halogens is 1. The highest BCUT2D eigenvalue weighted by Crippen LogP contribution is 2.22. The Bertz CT molecular complexity index is 421. The van der Waals surface area contributed by atoms with Gasteiger partial charge in [-0.2, -0.15) is 0 Å². The predicted molar refractivity (Wildman–Crippen MR) is 76.2 cm³/mol. The van der Waals surface area contributed by atoms with E-state index in [0.717, 1.165) is 17.1 Å². The summed E-state index contributed by atoms with van der Waals surface area (Å²) in [4.78, 5) is 0. The number of rotatable bonds is 5. The van der Waals surface area contributed by atoms with Gasteiger partial charge in [-0.25, -0.2) is 0 Å². The molecule has 0 saturated heterocycles. The first-order valence-electron chi connectivity index (χ1n) is 5.92. The molecular weight excluding hydrogens is 230 g/mol. The van der Waals surface area contributed by atoms with Crippen LogP contribution >= 0.6 is 11.6 Å². The first kappa shape index (κ1) is 13.9. The summed E-state index contributed by atoms with van der Waals surface area (Å²) < 4.78 is 0. The third-order valence-corrected chi connectivity index (χ3v) is 3.15. The van der Waals surface area contributed by atoms with Gasteiger partial charge in [-0.05, 0) is 43.5 Å². The van der Waals surface area contributed by atoms with Crippen molar-refractivity contribution in [1.29, 1.82) is 0 Å². The zero-order valence-corrected chi connectivity index (χ0v) is 11.5. The van der Waals surface area contributed by atoms with Crippen molar-refractivity contribution in [3.05, 3.63) is 58.8 Å². The summed E-state index contributed by atoms with van der Waals surface area (Å²) in [5.74, 6) is 0. The van der Waals surface area contributed by atoms with Crippen LogP contribution in [0.1, 0.15) is 38.8 Å². The molecule has 0 aliphatic heterocycles. The quantitative estimate of drug-likeness (QED) is 0.735. The Labute approximate surface area is 109 Å². The van der Waals surface area contributed by atoms with E-state index in [1.807, 2.05) is 25.1 Å². The fourth-order valence-electron chi connectivity index (χ4n) is 1.64. The van der Waals surface area contributed by atoms with Gasteiger partial charge in [-0.3, -0.25) is 0 Å². The lowest BCUT2D eigenvalue weighted by Gasteiger charge is -2.21. The van der Waals surface area contributed by atoms with E-state index < -0.39 is 0 Å². The minimum atomic E-state index is 0.260. The van der Waals surface area contributed by atoms with E-state index in [1.54, 1.807) is 0 Å². The van der Waals surface area contributed by atoms with Crippen molar-refractivity contribution >= 4 is 11.6 Å². The van der Waals surface area contributed by atoms with Gasteiger partial charge < -0.3 is 5.32 Å². The summed E-state index contributed by atoms with van der Waals surface area (Å²) in [5.41, 5.74) is 3.34. The highest BCUT2D eigenvalue weighted by Gasteiger charge is 2.10. The smallest absolute Gasteiger partial charge is 0.0511 e. The third-order valence-electron chi connectivity index (χ3n) is 2.92. The maximum Gasteiger partial charge on any atom is 0.0511 e. The summed E-state index contributed by atoms with van der Waals surface area (Å²) >= 11 is 6.01. The molecular formula is C15H20ClN. The summed E-state index contributed by atoms with van der Waals surface area (Å²) in [6.45, 7) is 10.3. The van der Waals surface area contributed by atoms with Crippen LogP contribution in [0.3, 0.4) is 0 Å². The SMILES string of the molecule is C=C(NC(CC)c1cccc(Cl)c1)/C(C)=C/C. The maximum absolute atomic E-state index is 6.01. The second-order valence-electron chi connectivity index (χ2n) is 4.11. The van der Waals surface area contributed by atoms with Crippen molar-refractivity contribution in [3.63, 3.8) is 0 Å². The first-order valence-corrected chi connectivity index (χ1v) is 6.30. The third kappa shape index (κ3) is 3.94. The molecule has 92 valence electrons. The molecule has 1 aromatic rings. The van der Waals surface area contributed by atoms with E-state index in [9.17, 15) is 0 Å². The van der Waals surface area contributed by atoms with Crippen LogP contribution in [-0.2, 0) is 0 Å². The molecule has 0 spiro atoms. The molecule has 1 atom stereocenters. The van der Waals surface area contributed by atoms with E-state index in [1.165, 1.54) is 11.1 Å².